The second-order valence-electron chi connectivity index (χ2n) is 8.18. The van der Waals surface area contributed by atoms with Gasteiger partial charge in [0.15, 0.2) is 0 Å². The zero-order valence-electron chi connectivity index (χ0n) is 17.3. The SMILES string of the molecule is COc1ccc(C(=O)N2CCCC3(CCc4c3nc(-c3cccnc3)[nH]c4=O)C2)cn1. The third-order valence-corrected chi connectivity index (χ3v) is 6.36. The largest absolute Gasteiger partial charge is 0.481 e. The summed E-state index contributed by atoms with van der Waals surface area (Å²) in [6.45, 7) is 1.23. The second kappa shape index (κ2) is 7.61. The van der Waals surface area contributed by atoms with Crippen LogP contribution < -0.4 is 10.3 Å². The topological polar surface area (TPSA) is 101 Å². The number of ether oxygens (including phenoxy) is 1. The summed E-state index contributed by atoms with van der Waals surface area (Å²) in [5, 5.41) is 0. The van der Waals surface area contributed by atoms with Gasteiger partial charge in [-0.3, -0.25) is 14.6 Å². The van der Waals surface area contributed by atoms with Crippen molar-refractivity contribution in [1.82, 2.24) is 24.8 Å². The predicted octanol–water partition coefficient (Wildman–Crippen LogP) is 2.36. The van der Waals surface area contributed by atoms with Crippen LogP contribution in [0.3, 0.4) is 0 Å². The number of methoxy groups -OCH3 is 1. The number of piperidine rings is 1. The van der Waals surface area contributed by atoms with Crippen LogP contribution in [0.5, 0.6) is 5.88 Å². The van der Waals surface area contributed by atoms with Gasteiger partial charge < -0.3 is 14.6 Å². The van der Waals surface area contributed by atoms with Gasteiger partial charge in [-0.05, 0) is 43.9 Å². The quantitative estimate of drug-likeness (QED) is 0.702. The van der Waals surface area contributed by atoms with E-state index in [1.165, 1.54) is 0 Å². The van der Waals surface area contributed by atoms with Gasteiger partial charge in [0.2, 0.25) is 5.88 Å². The lowest BCUT2D eigenvalue weighted by atomic mass is 9.77. The predicted molar refractivity (Wildman–Crippen MR) is 114 cm³/mol. The smallest absolute Gasteiger partial charge is 0.255 e. The summed E-state index contributed by atoms with van der Waals surface area (Å²) >= 11 is 0. The number of pyridine rings is 2. The van der Waals surface area contributed by atoms with E-state index in [4.69, 9.17) is 9.72 Å². The Morgan fingerprint density at radius 3 is 2.87 bits per heavy atom. The number of fused-ring (bicyclic) bond motifs is 2. The normalized spacial score (nSPS) is 20.0. The van der Waals surface area contributed by atoms with Crippen molar-refractivity contribution in [2.75, 3.05) is 20.2 Å². The third kappa shape index (κ3) is 3.37. The van der Waals surface area contributed by atoms with Gasteiger partial charge in [0, 0.05) is 54.3 Å². The Hall–Kier alpha value is -3.55. The van der Waals surface area contributed by atoms with Gasteiger partial charge in [0.05, 0.1) is 18.4 Å². The molecular weight excluding hydrogens is 394 g/mol. The maximum atomic E-state index is 13.2. The van der Waals surface area contributed by atoms with Crippen molar-refractivity contribution in [1.29, 1.82) is 0 Å². The van der Waals surface area contributed by atoms with E-state index in [0.717, 1.165) is 36.1 Å². The van der Waals surface area contributed by atoms with Crippen LogP contribution in [0.4, 0.5) is 0 Å². The number of H-pyrrole nitrogens is 1. The summed E-state index contributed by atoms with van der Waals surface area (Å²) in [5.74, 6) is 0.948. The van der Waals surface area contributed by atoms with Crippen LogP contribution in [0.15, 0.2) is 47.7 Å². The number of carbonyl (C=O) groups excluding carboxylic acids is 1. The lowest BCUT2D eigenvalue weighted by Crippen LogP contribution is -2.48. The number of hydrogen-bond acceptors (Lipinski definition) is 6. The van der Waals surface area contributed by atoms with Crippen LogP contribution in [0.2, 0.25) is 0 Å². The molecule has 2 aliphatic rings. The van der Waals surface area contributed by atoms with Gasteiger partial charge in [0.1, 0.15) is 5.82 Å². The highest BCUT2D eigenvalue weighted by Gasteiger charge is 2.45. The Kier molecular flexibility index (Phi) is 4.77. The van der Waals surface area contributed by atoms with Crippen LogP contribution in [-0.2, 0) is 11.8 Å². The van der Waals surface area contributed by atoms with Crippen LogP contribution in [0.25, 0.3) is 11.4 Å². The molecule has 1 amide bonds. The van der Waals surface area contributed by atoms with E-state index in [1.54, 1.807) is 37.8 Å². The molecule has 1 spiro atoms. The summed E-state index contributed by atoms with van der Waals surface area (Å²) in [7, 11) is 1.55. The van der Waals surface area contributed by atoms with Crippen molar-refractivity contribution < 1.29 is 9.53 Å². The van der Waals surface area contributed by atoms with E-state index >= 15 is 0 Å². The number of nitrogens with zero attached hydrogens (tertiary/aromatic N) is 4. The standard InChI is InChI=1S/C23H23N5O3/c1-31-18-6-5-16(13-25-18)22(30)28-11-3-8-23(14-28)9-7-17-19(23)26-20(27-21(17)29)15-4-2-10-24-12-15/h2,4-6,10,12-13H,3,7-9,11,14H2,1H3,(H,26,27,29). The van der Waals surface area contributed by atoms with E-state index < -0.39 is 0 Å². The summed E-state index contributed by atoms with van der Waals surface area (Å²) in [6.07, 6.45) is 8.21. The first kappa shape index (κ1) is 19.4. The maximum Gasteiger partial charge on any atom is 0.255 e. The fourth-order valence-electron chi connectivity index (χ4n) is 4.80. The average Bonchev–Trinajstić information content (AvgIpc) is 3.17. The first-order valence-electron chi connectivity index (χ1n) is 10.4. The minimum Gasteiger partial charge on any atom is -0.481 e. The molecule has 4 heterocycles. The lowest BCUT2D eigenvalue weighted by molar-refractivity contribution is 0.0633. The van der Waals surface area contributed by atoms with Crippen molar-refractivity contribution in [3.8, 4) is 17.3 Å². The molecule has 1 atom stereocenters. The first-order valence-corrected chi connectivity index (χ1v) is 10.4. The van der Waals surface area contributed by atoms with Crippen LogP contribution in [0.1, 0.15) is 40.9 Å². The summed E-state index contributed by atoms with van der Waals surface area (Å²) in [4.78, 5) is 43.9. The molecule has 0 radical (unpaired) electrons. The van der Waals surface area contributed by atoms with Crippen LogP contribution >= 0.6 is 0 Å². The third-order valence-electron chi connectivity index (χ3n) is 6.36. The van der Waals surface area contributed by atoms with Crippen LogP contribution in [-0.4, -0.2) is 50.9 Å². The molecule has 3 aromatic rings. The Labute approximate surface area is 179 Å². The number of rotatable bonds is 3. The van der Waals surface area contributed by atoms with E-state index in [2.05, 4.69) is 15.0 Å². The van der Waals surface area contributed by atoms with Gasteiger partial charge in [-0.25, -0.2) is 9.97 Å². The monoisotopic (exact) mass is 417 g/mol. The number of amides is 1. The van der Waals surface area contributed by atoms with Crippen molar-refractivity contribution in [3.05, 3.63) is 70.0 Å². The van der Waals surface area contributed by atoms with Gasteiger partial charge in [-0.2, -0.15) is 0 Å². The lowest BCUT2D eigenvalue weighted by Gasteiger charge is -2.40. The number of carbonyl (C=O) groups is 1. The Morgan fingerprint density at radius 2 is 2.13 bits per heavy atom. The highest BCUT2D eigenvalue weighted by atomic mass is 16.5. The number of hydrogen-bond donors (Lipinski definition) is 1. The maximum absolute atomic E-state index is 13.2. The molecule has 3 aromatic heterocycles. The van der Waals surface area contributed by atoms with Crippen molar-refractivity contribution in [2.45, 2.75) is 31.1 Å². The molecule has 1 fully saturated rings. The fourth-order valence-corrected chi connectivity index (χ4v) is 4.80. The molecule has 0 bridgehead atoms. The summed E-state index contributed by atoms with van der Waals surface area (Å²) in [6, 6.07) is 7.13. The molecule has 8 heteroatoms. The van der Waals surface area contributed by atoms with E-state index in [9.17, 15) is 9.59 Å². The molecule has 0 aromatic carbocycles. The molecule has 8 nitrogen and oxygen atoms in total. The van der Waals surface area contributed by atoms with E-state index in [0.29, 0.717) is 36.8 Å². The van der Waals surface area contributed by atoms with Gasteiger partial charge >= 0.3 is 0 Å². The Morgan fingerprint density at radius 1 is 1.23 bits per heavy atom. The minimum absolute atomic E-state index is 0.0556. The minimum atomic E-state index is -0.297. The van der Waals surface area contributed by atoms with Gasteiger partial charge in [0.25, 0.3) is 11.5 Å². The molecule has 1 aliphatic carbocycles. The highest BCUT2D eigenvalue weighted by molar-refractivity contribution is 5.94. The second-order valence-corrected chi connectivity index (χ2v) is 8.18. The molecule has 5 rings (SSSR count). The molecule has 31 heavy (non-hydrogen) atoms. The Balaban J connectivity index is 1.48. The molecule has 1 saturated heterocycles. The van der Waals surface area contributed by atoms with Crippen molar-refractivity contribution in [3.63, 3.8) is 0 Å². The van der Waals surface area contributed by atoms with Crippen molar-refractivity contribution >= 4 is 5.91 Å². The summed E-state index contributed by atoms with van der Waals surface area (Å²) < 4.78 is 5.09. The molecule has 1 N–H and O–H groups in total. The molecule has 1 unspecified atom stereocenters. The van der Waals surface area contributed by atoms with Gasteiger partial charge in [-0.15, -0.1) is 0 Å². The molecular formula is C23H23N5O3. The van der Waals surface area contributed by atoms with Gasteiger partial charge in [-0.1, -0.05) is 0 Å². The van der Waals surface area contributed by atoms with E-state index in [1.807, 2.05) is 17.0 Å². The average molecular weight is 417 g/mol. The van der Waals surface area contributed by atoms with Crippen LogP contribution in [0, 0.1) is 0 Å². The number of nitrogens with one attached hydrogen (secondary N) is 1. The first-order chi connectivity index (χ1) is 15.1. The van der Waals surface area contributed by atoms with E-state index in [-0.39, 0.29) is 16.9 Å². The summed E-state index contributed by atoms with van der Waals surface area (Å²) in [5.41, 5.74) is 2.49. The van der Waals surface area contributed by atoms with Crippen molar-refractivity contribution in [2.24, 2.45) is 0 Å². The Bertz CT molecular complexity index is 1180. The number of aromatic nitrogens is 4. The molecule has 158 valence electrons. The fraction of sp³-hybridized carbons (Fsp3) is 0.348. The molecule has 1 aliphatic heterocycles. The zero-order chi connectivity index (χ0) is 21.4. The number of aromatic amines is 1. The zero-order valence-corrected chi connectivity index (χ0v) is 17.3. The highest BCUT2D eigenvalue weighted by Crippen LogP contribution is 2.43. The molecule has 0 saturated carbocycles. The number of likely N-dealkylation sites (tertiary alicyclic amines) is 1.